The van der Waals surface area contributed by atoms with Gasteiger partial charge in [0, 0.05) is 13.2 Å². The highest BCUT2D eigenvalue weighted by Crippen LogP contribution is 2.11. The lowest BCUT2D eigenvalue weighted by Gasteiger charge is -2.13. The summed E-state index contributed by atoms with van der Waals surface area (Å²) in [6, 6.07) is 3.04. The Hall–Kier alpha value is -2.44. The Labute approximate surface area is 104 Å². The van der Waals surface area contributed by atoms with Gasteiger partial charge in [0.15, 0.2) is 11.5 Å². The summed E-state index contributed by atoms with van der Waals surface area (Å²) in [7, 11) is 1.81. The number of carbonyl (C=O) groups excluding carboxylic acids is 1. The molecule has 0 aromatic carbocycles. The summed E-state index contributed by atoms with van der Waals surface area (Å²) in [5.41, 5.74) is 6.25. The standard InChI is InChI=1S/C11H14N6O/c1-7(10-16-14-6-17(10)2)15-11(18)9-8(12)4-3-5-13-9/h3-7H,12H2,1-2H3,(H,15,18). The highest BCUT2D eigenvalue weighted by Gasteiger charge is 2.17. The zero-order valence-corrected chi connectivity index (χ0v) is 10.2. The van der Waals surface area contributed by atoms with Gasteiger partial charge in [-0.15, -0.1) is 10.2 Å². The minimum atomic E-state index is -0.330. The molecule has 0 aliphatic carbocycles. The lowest BCUT2D eigenvalue weighted by Crippen LogP contribution is -2.29. The molecule has 18 heavy (non-hydrogen) atoms. The summed E-state index contributed by atoms with van der Waals surface area (Å²) in [5.74, 6) is 0.335. The maximum atomic E-state index is 12.0. The van der Waals surface area contributed by atoms with E-state index in [1.807, 2.05) is 14.0 Å². The second kappa shape index (κ2) is 4.82. The number of rotatable bonds is 3. The van der Waals surface area contributed by atoms with Crippen molar-refractivity contribution in [2.24, 2.45) is 7.05 Å². The first-order valence-corrected chi connectivity index (χ1v) is 5.45. The van der Waals surface area contributed by atoms with Gasteiger partial charge in [-0.1, -0.05) is 0 Å². The van der Waals surface area contributed by atoms with Gasteiger partial charge >= 0.3 is 0 Å². The van der Waals surface area contributed by atoms with Crippen LogP contribution in [0.5, 0.6) is 0 Å². The van der Waals surface area contributed by atoms with E-state index in [9.17, 15) is 4.79 Å². The molecule has 2 heterocycles. The van der Waals surface area contributed by atoms with Crippen LogP contribution < -0.4 is 11.1 Å². The number of pyridine rings is 1. The number of amides is 1. The molecule has 0 aliphatic rings. The Morgan fingerprint density at radius 2 is 2.33 bits per heavy atom. The van der Waals surface area contributed by atoms with Crippen molar-refractivity contribution in [3.05, 3.63) is 36.2 Å². The second-order valence-corrected chi connectivity index (χ2v) is 3.94. The Morgan fingerprint density at radius 3 is 2.94 bits per heavy atom. The number of aromatic nitrogens is 4. The van der Waals surface area contributed by atoms with Gasteiger partial charge in [0.25, 0.3) is 5.91 Å². The molecular formula is C11H14N6O. The van der Waals surface area contributed by atoms with E-state index in [2.05, 4.69) is 20.5 Å². The van der Waals surface area contributed by atoms with Crippen LogP contribution in [0.2, 0.25) is 0 Å². The van der Waals surface area contributed by atoms with Crippen LogP contribution in [0.4, 0.5) is 5.69 Å². The molecular weight excluding hydrogens is 232 g/mol. The molecule has 7 heteroatoms. The maximum absolute atomic E-state index is 12.0. The number of aryl methyl sites for hydroxylation is 1. The van der Waals surface area contributed by atoms with Crippen LogP contribution in [0.1, 0.15) is 29.3 Å². The minimum absolute atomic E-state index is 0.214. The molecule has 1 atom stereocenters. The van der Waals surface area contributed by atoms with E-state index in [1.165, 1.54) is 6.20 Å². The van der Waals surface area contributed by atoms with E-state index in [4.69, 9.17) is 5.73 Å². The molecule has 2 aromatic rings. The third-order valence-electron chi connectivity index (χ3n) is 2.54. The quantitative estimate of drug-likeness (QED) is 0.810. The van der Waals surface area contributed by atoms with Crippen LogP contribution in [0.25, 0.3) is 0 Å². The van der Waals surface area contributed by atoms with Crippen LogP contribution in [0.15, 0.2) is 24.7 Å². The highest BCUT2D eigenvalue weighted by molar-refractivity contribution is 5.97. The number of nitrogens with zero attached hydrogens (tertiary/aromatic N) is 4. The largest absolute Gasteiger partial charge is 0.397 e. The monoisotopic (exact) mass is 246 g/mol. The van der Waals surface area contributed by atoms with Crippen molar-refractivity contribution in [3.63, 3.8) is 0 Å². The highest BCUT2D eigenvalue weighted by atomic mass is 16.2. The predicted octanol–water partition coefficient (Wildman–Crippen LogP) is 0.283. The smallest absolute Gasteiger partial charge is 0.272 e. The fourth-order valence-corrected chi connectivity index (χ4v) is 1.62. The number of nitrogens with two attached hydrogens (primary N) is 1. The lowest BCUT2D eigenvalue weighted by molar-refractivity contribution is 0.0933. The number of hydrogen-bond donors (Lipinski definition) is 2. The van der Waals surface area contributed by atoms with Gasteiger partial charge in [0.2, 0.25) is 0 Å². The number of hydrogen-bond acceptors (Lipinski definition) is 5. The molecule has 0 fully saturated rings. The molecule has 1 amide bonds. The maximum Gasteiger partial charge on any atom is 0.272 e. The van der Waals surface area contributed by atoms with Crippen LogP contribution in [0, 0.1) is 0 Å². The van der Waals surface area contributed by atoms with Crippen LogP contribution >= 0.6 is 0 Å². The fourth-order valence-electron chi connectivity index (χ4n) is 1.62. The molecule has 2 rings (SSSR count). The van der Waals surface area contributed by atoms with E-state index < -0.39 is 0 Å². The van der Waals surface area contributed by atoms with Gasteiger partial charge in [0.1, 0.15) is 6.33 Å². The molecule has 7 nitrogen and oxygen atoms in total. The SMILES string of the molecule is CC(NC(=O)c1ncccc1N)c1nncn1C. The van der Waals surface area contributed by atoms with Gasteiger partial charge in [-0.05, 0) is 19.1 Å². The number of carbonyl (C=O) groups is 1. The molecule has 94 valence electrons. The van der Waals surface area contributed by atoms with Crippen LogP contribution in [-0.2, 0) is 7.05 Å². The third kappa shape index (κ3) is 2.29. The number of anilines is 1. The average Bonchev–Trinajstić information content (AvgIpc) is 2.76. The summed E-state index contributed by atoms with van der Waals surface area (Å²) < 4.78 is 1.74. The third-order valence-corrected chi connectivity index (χ3v) is 2.54. The van der Waals surface area contributed by atoms with E-state index >= 15 is 0 Å². The Kier molecular flexibility index (Phi) is 3.22. The lowest BCUT2D eigenvalue weighted by atomic mass is 10.2. The first-order valence-electron chi connectivity index (χ1n) is 5.45. The summed E-state index contributed by atoms with van der Waals surface area (Å²) in [6.45, 7) is 1.82. The molecule has 0 saturated heterocycles. The zero-order valence-electron chi connectivity index (χ0n) is 10.2. The van der Waals surface area contributed by atoms with Crippen molar-refractivity contribution in [1.82, 2.24) is 25.1 Å². The van der Waals surface area contributed by atoms with E-state index in [0.717, 1.165) is 0 Å². The molecule has 2 aromatic heterocycles. The van der Waals surface area contributed by atoms with E-state index in [1.54, 1.807) is 23.0 Å². The van der Waals surface area contributed by atoms with Crippen LogP contribution in [0.3, 0.4) is 0 Å². The first kappa shape index (κ1) is 12.0. The summed E-state index contributed by atoms with van der Waals surface area (Å²) in [6.07, 6.45) is 3.10. The second-order valence-electron chi connectivity index (χ2n) is 3.94. The summed E-state index contributed by atoms with van der Waals surface area (Å²) in [4.78, 5) is 15.9. The van der Waals surface area contributed by atoms with Crippen molar-refractivity contribution < 1.29 is 4.79 Å². The normalized spacial score (nSPS) is 12.1. The average molecular weight is 246 g/mol. The minimum Gasteiger partial charge on any atom is -0.397 e. The van der Waals surface area contributed by atoms with Gasteiger partial charge in [-0.2, -0.15) is 0 Å². The molecule has 0 saturated carbocycles. The molecule has 3 N–H and O–H groups in total. The predicted molar refractivity (Wildman–Crippen MR) is 65.5 cm³/mol. The van der Waals surface area contributed by atoms with Gasteiger partial charge < -0.3 is 15.6 Å². The van der Waals surface area contributed by atoms with Gasteiger partial charge in [-0.25, -0.2) is 4.98 Å². The first-order chi connectivity index (χ1) is 8.59. The van der Waals surface area contributed by atoms with Crippen molar-refractivity contribution in [2.45, 2.75) is 13.0 Å². The molecule has 0 radical (unpaired) electrons. The number of nitrogen functional groups attached to an aromatic ring is 1. The van der Waals surface area contributed by atoms with Crippen molar-refractivity contribution >= 4 is 11.6 Å². The van der Waals surface area contributed by atoms with Gasteiger partial charge in [0.05, 0.1) is 11.7 Å². The molecule has 1 unspecified atom stereocenters. The summed E-state index contributed by atoms with van der Waals surface area (Å²) >= 11 is 0. The van der Waals surface area contributed by atoms with Crippen LogP contribution in [-0.4, -0.2) is 25.7 Å². The molecule has 0 spiro atoms. The van der Waals surface area contributed by atoms with Crippen molar-refractivity contribution in [1.29, 1.82) is 0 Å². The Morgan fingerprint density at radius 1 is 1.56 bits per heavy atom. The van der Waals surface area contributed by atoms with E-state index in [-0.39, 0.29) is 17.6 Å². The Balaban J connectivity index is 2.13. The molecule has 0 aliphatic heterocycles. The van der Waals surface area contributed by atoms with Crippen molar-refractivity contribution in [3.8, 4) is 0 Å². The molecule has 0 bridgehead atoms. The van der Waals surface area contributed by atoms with Gasteiger partial charge in [-0.3, -0.25) is 4.79 Å². The van der Waals surface area contributed by atoms with Crippen molar-refractivity contribution in [2.75, 3.05) is 5.73 Å². The topological polar surface area (TPSA) is 98.7 Å². The zero-order chi connectivity index (χ0) is 13.1. The fraction of sp³-hybridized carbons (Fsp3) is 0.273. The summed E-state index contributed by atoms with van der Waals surface area (Å²) in [5, 5.41) is 10.5. The Bertz CT molecular complexity index is 564. The van der Waals surface area contributed by atoms with E-state index in [0.29, 0.717) is 11.5 Å². The number of nitrogens with one attached hydrogen (secondary N) is 1.